The van der Waals surface area contributed by atoms with Gasteiger partial charge in [0.15, 0.2) is 9.84 Å². The Hall–Kier alpha value is -2.55. The van der Waals surface area contributed by atoms with Crippen molar-refractivity contribution in [1.82, 2.24) is 9.78 Å². The number of aromatic nitrogens is 2. The Kier molecular flexibility index (Phi) is 4.13. The van der Waals surface area contributed by atoms with Crippen molar-refractivity contribution in [3.8, 4) is 11.5 Å². The highest BCUT2D eigenvalue weighted by molar-refractivity contribution is 7.91. The van der Waals surface area contributed by atoms with E-state index in [0.717, 1.165) is 29.9 Å². The van der Waals surface area contributed by atoms with Crippen LogP contribution in [0.15, 0.2) is 30.5 Å². The van der Waals surface area contributed by atoms with Gasteiger partial charge in [-0.1, -0.05) is 0 Å². The topological polar surface area (TPSA) is 99.5 Å². The van der Waals surface area contributed by atoms with E-state index in [1.165, 1.54) is 0 Å². The van der Waals surface area contributed by atoms with Crippen molar-refractivity contribution in [1.29, 1.82) is 0 Å². The number of sulfone groups is 1. The highest BCUT2D eigenvalue weighted by Gasteiger charge is 2.61. The van der Waals surface area contributed by atoms with Crippen molar-refractivity contribution in [3.05, 3.63) is 36.0 Å². The maximum Gasteiger partial charge on any atom is 0.229 e. The molecule has 1 N–H and O–H groups in total. The van der Waals surface area contributed by atoms with E-state index in [4.69, 9.17) is 9.47 Å². The van der Waals surface area contributed by atoms with Crippen molar-refractivity contribution < 1.29 is 22.7 Å². The molecule has 3 atom stereocenters. The Morgan fingerprint density at radius 2 is 2.24 bits per heavy atom. The Morgan fingerprint density at radius 1 is 1.38 bits per heavy atom. The summed E-state index contributed by atoms with van der Waals surface area (Å²) in [5.74, 6) is 2.12. The van der Waals surface area contributed by atoms with Crippen LogP contribution in [0.25, 0.3) is 0 Å². The highest BCUT2D eigenvalue weighted by Crippen LogP contribution is 2.61. The first-order valence-corrected chi connectivity index (χ1v) is 11.6. The van der Waals surface area contributed by atoms with Crippen molar-refractivity contribution in [3.63, 3.8) is 0 Å². The number of nitrogens with one attached hydrogen (secondary N) is 1. The summed E-state index contributed by atoms with van der Waals surface area (Å²) in [4.78, 5) is 13.1. The second-order valence-corrected chi connectivity index (χ2v) is 10.3. The summed E-state index contributed by atoms with van der Waals surface area (Å²) in [5, 5.41) is 7.24. The quantitative estimate of drug-likeness (QED) is 0.816. The minimum Gasteiger partial charge on any atom is -0.497 e. The summed E-state index contributed by atoms with van der Waals surface area (Å²) in [7, 11) is -1.41. The number of hydrogen-bond donors (Lipinski definition) is 1. The molecule has 0 bridgehead atoms. The molecule has 8 nitrogen and oxygen atoms in total. The molecule has 3 heterocycles. The average molecular weight is 417 g/mol. The molecular formula is C20H23N3O5S. The van der Waals surface area contributed by atoms with Gasteiger partial charge in [-0.05, 0) is 37.5 Å². The van der Waals surface area contributed by atoms with Crippen LogP contribution in [0.5, 0.6) is 11.5 Å². The monoisotopic (exact) mass is 417 g/mol. The third-order valence-corrected chi connectivity index (χ3v) is 8.15. The molecule has 9 heteroatoms. The Morgan fingerprint density at radius 3 is 3.00 bits per heavy atom. The summed E-state index contributed by atoms with van der Waals surface area (Å²) in [6.07, 6.45) is 3.66. The number of benzene rings is 1. The zero-order chi connectivity index (χ0) is 20.2. The SMILES string of the molecule is COc1ccc2c(c1)[C@@]1(CCO2)C[C@@H]1C(=O)Nc1ccnn1[C@@H]1CCS(=O)(=O)C1. The average Bonchev–Trinajstić information content (AvgIpc) is 3.03. The Balaban J connectivity index is 1.36. The van der Waals surface area contributed by atoms with Crippen LogP contribution >= 0.6 is 0 Å². The van der Waals surface area contributed by atoms with E-state index < -0.39 is 9.84 Å². The zero-order valence-electron chi connectivity index (χ0n) is 16.1. The molecule has 1 aliphatic carbocycles. The van der Waals surface area contributed by atoms with Crippen LogP contribution in [0.1, 0.15) is 30.9 Å². The van der Waals surface area contributed by atoms with E-state index in [-0.39, 0.29) is 34.8 Å². The number of carbonyl (C=O) groups is 1. The minimum absolute atomic E-state index is 0.0649. The molecule has 0 radical (unpaired) electrons. The van der Waals surface area contributed by atoms with Crippen molar-refractivity contribution in [2.24, 2.45) is 5.92 Å². The van der Waals surface area contributed by atoms with Crippen LogP contribution < -0.4 is 14.8 Å². The molecule has 1 saturated carbocycles. The molecule has 29 heavy (non-hydrogen) atoms. The number of rotatable bonds is 4. The summed E-state index contributed by atoms with van der Waals surface area (Å²) < 4.78 is 36.4. The number of hydrogen-bond acceptors (Lipinski definition) is 6. The van der Waals surface area contributed by atoms with Crippen LogP contribution in [0.3, 0.4) is 0 Å². The first-order chi connectivity index (χ1) is 13.9. The zero-order valence-corrected chi connectivity index (χ0v) is 16.9. The lowest BCUT2D eigenvalue weighted by atomic mass is 9.87. The van der Waals surface area contributed by atoms with Gasteiger partial charge in [-0.2, -0.15) is 5.10 Å². The first kappa shape index (κ1) is 18.5. The number of anilines is 1. The van der Waals surface area contributed by atoms with E-state index in [0.29, 0.717) is 18.8 Å². The summed E-state index contributed by atoms with van der Waals surface area (Å²) >= 11 is 0. The number of ether oxygens (including phenoxy) is 2. The Labute approximate surface area is 169 Å². The van der Waals surface area contributed by atoms with Crippen molar-refractivity contribution >= 4 is 21.6 Å². The standard InChI is InChI=1S/C20H23N3O5S/c1-27-14-2-3-17-15(10-14)20(6-8-28-17)11-16(20)19(24)22-18-4-7-21-23(18)13-5-9-29(25,26)12-13/h2-4,7,10,13,16H,5-6,8-9,11-12H2,1H3,(H,22,24)/t13-,16-,20-/m1/s1. The number of carbonyl (C=O) groups excluding carboxylic acids is 1. The lowest BCUT2D eigenvalue weighted by Crippen LogP contribution is -2.27. The highest BCUT2D eigenvalue weighted by atomic mass is 32.2. The lowest BCUT2D eigenvalue weighted by molar-refractivity contribution is -0.117. The second kappa shape index (κ2) is 6.48. The molecule has 1 spiro atoms. The molecule has 154 valence electrons. The predicted molar refractivity (Wildman–Crippen MR) is 106 cm³/mol. The van der Waals surface area contributed by atoms with E-state index in [1.54, 1.807) is 24.1 Å². The largest absolute Gasteiger partial charge is 0.497 e. The van der Waals surface area contributed by atoms with Crippen LogP contribution in [-0.4, -0.2) is 49.3 Å². The molecule has 3 aliphatic rings. The van der Waals surface area contributed by atoms with Crippen molar-refractivity contribution in [2.45, 2.75) is 30.7 Å². The van der Waals surface area contributed by atoms with Gasteiger partial charge >= 0.3 is 0 Å². The van der Waals surface area contributed by atoms with Crippen LogP contribution in [0.4, 0.5) is 5.82 Å². The third-order valence-electron chi connectivity index (χ3n) is 6.40. The first-order valence-electron chi connectivity index (χ1n) is 9.78. The van der Waals surface area contributed by atoms with E-state index in [9.17, 15) is 13.2 Å². The van der Waals surface area contributed by atoms with E-state index in [1.807, 2.05) is 18.2 Å². The molecule has 5 rings (SSSR count). The van der Waals surface area contributed by atoms with Gasteiger partial charge in [0, 0.05) is 23.0 Å². The minimum atomic E-state index is -3.03. The fourth-order valence-corrected chi connectivity index (χ4v) is 6.43. The maximum atomic E-state index is 13.1. The molecule has 2 fully saturated rings. The van der Waals surface area contributed by atoms with Gasteiger partial charge in [0.05, 0.1) is 37.5 Å². The Bertz CT molecular complexity index is 1080. The van der Waals surface area contributed by atoms with Crippen molar-refractivity contribution in [2.75, 3.05) is 30.5 Å². The number of amides is 1. The normalized spacial score (nSPS) is 29.1. The molecule has 1 saturated heterocycles. The van der Waals surface area contributed by atoms with Gasteiger partial charge in [-0.25, -0.2) is 13.1 Å². The number of nitrogens with zero attached hydrogens (tertiary/aromatic N) is 2. The van der Waals surface area contributed by atoms with Gasteiger partial charge in [0.25, 0.3) is 0 Å². The van der Waals surface area contributed by atoms with Crippen LogP contribution in [0, 0.1) is 5.92 Å². The molecule has 1 aromatic heterocycles. The van der Waals surface area contributed by atoms with Gasteiger partial charge in [0.2, 0.25) is 5.91 Å². The van der Waals surface area contributed by atoms with Crippen LogP contribution in [-0.2, 0) is 20.0 Å². The molecule has 1 aromatic carbocycles. The fraction of sp³-hybridized carbons (Fsp3) is 0.500. The second-order valence-electron chi connectivity index (χ2n) is 8.08. The summed E-state index contributed by atoms with van der Waals surface area (Å²) in [5.41, 5.74) is 0.798. The van der Waals surface area contributed by atoms with Gasteiger partial charge in [-0.15, -0.1) is 0 Å². The molecular weight excluding hydrogens is 394 g/mol. The van der Waals surface area contributed by atoms with Gasteiger partial charge in [0.1, 0.15) is 17.3 Å². The van der Waals surface area contributed by atoms with Gasteiger partial charge in [-0.3, -0.25) is 4.79 Å². The predicted octanol–water partition coefficient (Wildman–Crippen LogP) is 1.93. The third kappa shape index (κ3) is 3.08. The summed E-state index contributed by atoms with van der Waals surface area (Å²) in [6, 6.07) is 7.22. The fourth-order valence-electron chi connectivity index (χ4n) is 4.74. The van der Waals surface area contributed by atoms with E-state index in [2.05, 4.69) is 10.4 Å². The molecule has 0 unspecified atom stereocenters. The van der Waals surface area contributed by atoms with Gasteiger partial charge < -0.3 is 14.8 Å². The smallest absolute Gasteiger partial charge is 0.229 e. The number of fused-ring (bicyclic) bond motifs is 2. The maximum absolute atomic E-state index is 13.1. The summed E-state index contributed by atoms with van der Waals surface area (Å²) in [6.45, 7) is 0.584. The van der Waals surface area contributed by atoms with E-state index >= 15 is 0 Å². The molecule has 2 aliphatic heterocycles. The lowest BCUT2D eigenvalue weighted by Gasteiger charge is -2.27. The molecule has 2 aromatic rings. The number of methoxy groups -OCH3 is 1. The molecule has 1 amide bonds. The van der Waals surface area contributed by atoms with Crippen LogP contribution in [0.2, 0.25) is 0 Å².